The molecule has 75 valence electrons. The molecule has 0 aliphatic heterocycles. The molecular weight excluding hydrogens is 178 g/mol. The van der Waals surface area contributed by atoms with E-state index in [0.29, 0.717) is 5.69 Å². The lowest BCUT2D eigenvalue weighted by atomic mass is 9.87. The van der Waals surface area contributed by atoms with Gasteiger partial charge in [-0.2, -0.15) is 0 Å². The van der Waals surface area contributed by atoms with Gasteiger partial charge in [-0.25, -0.2) is 9.90 Å². The van der Waals surface area contributed by atoms with Crippen LogP contribution in [-0.4, -0.2) is 6.09 Å². The predicted octanol–water partition coefficient (Wildman–Crippen LogP) is 2.95. The van der Waals surface area contributed by atoms with Crippen LogP contribution in [0.4, 0.5) is 10.5 Å². The van der Waals surface area contributed by atoms with Gasteiger partial charge in [-0.05, 0) is 23.1 Å². The first-order valence-electron chi connectivity index (χ1n) is 4.48. The number of carbonyl (C=O) groups excluding carboxylic acids is 1. The Morgan fingerprint density at radius 3 is 2.43 bits per heavy atom. The summed E-state index contributed by atoms with van der Waals surface area (Å²) in [4.78, 5) is 10.3. The van der Waals surface area contributed by atoms with Crippen molar-refractivity contribution >= 4 is 11.8 Å². The molecule has 0 aliphatic carbocycles. The molecule has 0 unspecified atom stereocenters. The highest BCUT2D eigenvalue weighted by atomic mass is 16.4. The molecule has 0 heterocycles. The Morgan fingerprint density at radius 2 is 1.93 bits per heavy atom. The second-order valence-corrected chi connectivity index (χ2v) is 4.24. The van der Waals surface area contributed by atoms with Crippen molar-refractivity contribution in [3.8, 4) is 0 Å². The van der Waals surface area contributed by atoms with E-state index < -0.39 is 6.09 Å². The predicted molar refractivity (Wildman–Crippen MR) is 54.8 cm³/mol. The molecule has 0 bridgehead atoms. The maximum absolute atomic E-state index is 10.3. The van der Waals surface area contributed by atoms with Crippen LogP contribution in [0.25, 0.3) is 0 Å². The number of nitrogens with one attached hydrogen (secondary N) is 1. The van der Waals surface area contributed by atoms with Crippen LogP contribution in [0.5, 0.6) is 0 Å². The van der Waals surface area contributed by atoms with Crippen LogP contribution >= 0.6 is 0 Å². The lowest BCUT2D eigenvalue weighted by molar-refractivity contribution is 0.185. The fourth-order valence-electron chi connectivity index (χ4n) is 1.18. The van der Waals surface area contributed by atoms with Crippen molar-refractivity contribution in [2.75, 3.05) is 5.32 Å². The maximum atomic E-state index is 10.3. The molecule has 14 heavy (non-hydrogen) atoms. The number of anilines is 1. The van der Waals surface area contributed by atoms with Gasteiger partial charge in [0, 0.05) is 5.69 Å². The maximum Gasteiger partial charge on any atom is 0.454 e. The topological polar surface area (TPSA) is 49.0 Å². The Kier molecular flexibility index (Phi) is 2.79. The zero-order valence-corrected chi connectivity index (χ0v) is 8.63. The van der Waals surface area contributed by atoms with Crippen LogP contribution in [0.1, 0.15) is 26.3 Å². The second kappa shape index (κ2) is 3.70. The summed E-state index contributed by atoms with van der Waals surface area (Å²) in [6.45, 7) is 6.22. The van der Waals surface area contributed by atoms with E-state index in [1.54, 1.807) is 6.07 Å². The van der Waals surface area contributed by atoms with Crippen LogP contribution in [0.15, 0.2) is 24.3 Å². The Hall–Kier alpha value is -1.51. The Morgan fingerprint density at radius 1 is 1.29 bits per heavy atom. The third kappa shape index (κ3) is 2.76. The highest BCUT2D eigenvalue weighted by molar-refractivity contribution is 5.82. The molecule has 1 rings (SSSR count). The zero-order valence-electron chi connectivity index (χ0n) is 8.63. The third-order valence-electron chi connectivity index (χ3n) is 1.97. The smallest absolute Gasteiger partial charge is 0.288 e. The number of benzene rings is 1. The molecule has 0 spiro atoms. The molecular formula is C11H14NO2. The fraction of sp³-hybridized carbons (Fsp3) is 0.364. The van der Waals surface area contributed by atoms with E-state index >= 15 is 0 Å². The average Bonchev–Trinajstić information content (AvgIpc) is 2.01. The number of hydrogen-bond donors (Lipinski definition) is 1. The molecule has 1 amide bonds. The van der Waals surface area contributed by atoms with E-state index in [0.717, 1.165) is 5.56 Å². The van der Waals surface area contributed by atoms with Crippen molar-refractivity contribution in [2.24, 2.45) is 0 Å². The summed E-state index contributed by atoms with van der Waals surface area (Å²) in [7, 11) is 0. The minimum atomic E-state index is -1.28. The van der Waals surface area contributed by atoms with Gasteiger partial charge in [0.05, 0.1) is 0 Å². The van der Waals surface area contributed by atoms with Crippen LogP contribution in [-0.2, 0) is 10.5 Å². The molecule has 0 saturated heterocycles. The van der Waals surface area contributed by atoms with Gasteiger partial charge in [0.1, 0.15) is 0 Å². The second-order valence-electron chi connectivity index (χ2n) is 4.24. The van der Waals surface area contributed by atoms with Gasteiger partial charge >= 0.3 is 6.09 Å². The van der Waals surface area contributed by atoms with Crippen molar-refractivity contribution in [2.45, 2.75) is 26.2 Å². The first-order valence-corrected chi connectivity index (χ1v) is 4.48. The van der Waals surface area contributed by atoms with Gasteiger partial charge in [-0.15, -0.1) is 0 Å². The summed E-state index contributed by atoms with van der Waals surface area (Å²) < 4.78 is 0. The Bertz CT molecular complexity index is 339. The summed E-state index contributed by atoms with van der Waals surface area (Å²) in [6.07, 6.45) is -1.28. The molecule has 3 nitrogen and oxygen atoms in total. The van der Waals surface area contributed by atoms with E-state index in [-0.39, 0.29) is 5.41 Å². The summed E-state index contributed by atoms with van der Waals surface area (Å²) >= 11 is 0. The summed E-state index contributed by atoms with van der Waals surface area (Å²) in [5.74, 6) is 0. The zero-order chi connectivity index (χ0) is 10.8. The minimum Gasteiger partial charge on any atom is -0.288 e. The van der Waals surface area contributed by atoms with Gasteiger partial charge in [0.2, 0.25) is 0 Å². The highest BCUT2D eigenvalue weighted by Gasteiger charge is 2.13. The van der Waals surface area contributed by atoms with E-state index in [1.807, 2.05) is 18.2 Å². The van der Waals surface area contributed by atoms with E-state index in [4.69, 9.17) is 0 Å². The Labute approximate surface area is 83.8 Å². The van der Waals surface area contributed by atoms with Crippen molar-refractivity contribution < 1.29 is 9.90 Å². The van der Waals surface area contributed by atoms with Crippen molar-refractivity contribution in [3.63, 3.8) is 0 Å². The first-order chi connectivity index (χ1) is 6.39. The molecule has 0 aliphatic rings. The molecule has 1 aromatic rings. The lowest BCUT2D eigenvalue weighted by Gasteiger charge is -2.19. The summed E-state index contributed by atoms with van der Waals surface area (Å²) in [5.41, 5.74) is 1.66. The molecule has 3 heteroatoms. The molecule has 1 N–H and O–H groups in total. The van der Waals surface area contributed by atoms with Gasteiger partial charge in [0.25, 0.3) is 0 Å². The van der Waals surface area contributed by atoms with E-state index in [9.17, 15) is 9.90 Å². The van der Waals surface area contributed by atoms with E-state index in [2.05, 4.69) is 26.1 Å². The van der Waals surface area contributed by atoms with Gasteiger partial charge in [-0.1, -0.05) is 32.9 Å². The molecule has 0 saturated carbocycles. The van der Waals surface area contributed by atoms with Crippen LogP contribution in [0.3, 0.4) is 0 Å². The first kappa shape index (κ1) is 10.6. The standard InChI is InChI=1S/C11H14NO2/c1-11(2,3)8-5-4-6-9(7-8)12-10(13)14/h4-7,12H,1-3H3. The number of amides is 1. The molecule has 0 fully saturated rings. The lowest BCUT2D eigenvalue weighted by Crippen LogP contribution is -2.12. The van der Waals surface area contributed by atoms with Crippen LogP contribution < -0.4 is 5.32 Å². The fourth-order valence-corrected chi connectivity index (χ4v) is 1.18. The summed E-state index contributed by atoms with van der Waals surface area (Å²) in [5, 5.41) is 12.5. The average molecular weight is 192 g/mol. The highest BCUT2D eigenvalue weighted by Crippen LogP contribution is 2.24. The number of hydrogen-bond acceptors (Lipinski definition) is 1. The largest absolute Gasteiger partial charge is 0.454 e. The monoisotopic (exact) mass is 192 g/mol. The number of rotatable bonds is 1. The van der Waals surface area contributed by atoms with Crippen LogP contribution in [0.2, 0.25) is 0 Å². The summed E-state index contributed by atoms with van der Waals surface area (Å²) in [6, 6.07) is 7.31. The molecule has 0 atom stereocenters. The SMILES string of the molecule is CC(C)(C)c1cccc(NC([O])=O)c1. The Balaban J connectivity index is 2.95. The van der Waals surface area contributed by atoms with Gasteiger partial charge in [0.15, 0.2) is 0 Å². The van der Waals surface area contributed by atoms with Gasteiger partial charge in [-0.3, -0.25) is 5.32 Å². The van der Waals surface area contributed by atoms with Crippen molar-refractivity contribution in [3.05, 3.63) is 29.8 Å². The molecule has 1 aromatic carbocycles. The van der Waals surface area contributed by atoms with E-state index in [1.165, 1.54) is 0 Å². The number of carbonyl (C=O) groups is 1. The van der Waals surface area contributed by atoms with Crippen molar-refractivity contribution in [1.29, 1.82) is 0 Å². The third-order valence-corrected chi connectivity index (χ3v) is 1.97. The normalized spacial score (nSPS) is 11.1. The van der Waals surface area contributed by atoms with Gasteiger partial charge < -0.3 is 0 Å². The van der Waals surface area contributed by atoms with Crippen molar-refractivity contribution in [1.82, 2.24) is 0 Å². The van der Waals surface area contributed by atoms with Crippen LogP contribution in [0, 0.1) is 0 Å². The minimum absolute atomic E-state index is 0.0175. The molecule has 0 aromatic heterocycles. The molecule has 1 radical (unpaired) electrons. The quantitative estimate of drug-likeness (QED) is 0.730.